The summed E-state index contributed by atoms with van der Waals surface area (Å²) in [6.45, 7) is 4.41. The summed E-state index contributed by atoms with van der Waals surface area (Å²) >= 11 is 0. The van der Waals surface area contributed by atoms with E-state index in [1.165, 1.54) is 5.56 Å². The van der Waals surface area contributed by atoms with Gasteiger partial charge in [0.25, 0.3) is 0 Å². The Bertz CT molecular complexity index is 648. The highest BCUT2D eigenvalue weighted by molar-refractivity contribution is 5.83. The molecule has 0 unspecified atom stereocenters. The van der Waals surface area contributed by atoms with E-state index in [9.17, 15) is 4.79 Å². The molecule has 4 rings (SSSR count). The number of piperazine rings is 1. The number of nitrogens with zero attached hydrogens (tertiary/aromatic N) is 3. The molecular weight excluding hydrogens is 290 g/mol. The Kier molecular flexibility index (Phi) is 3.87. The first-order chi connectivity index (χ1) is 11.3. The smallest absolute Gasteiger partial charge is 0.226 e. The van der Waals surface area contributed by atoms with Gasteiger partial charge in [-0.05, 0) is 30.2 Å². The van der Waals surface area contributed by atoms with Crippen molar-refractivity contribution < 1.29 is 9.21 Å². The third-order valence-corrected chi connectivity index (χ3v) is 4.83. The number of hydrogen-bond acceptors (Lipinski definition) is 4. The molecule has 1 amide bonds. The van der Waals surface area contributed by atoms with Crippen LogP contribution < -0.4 is 0 Å². The van der Waals surface area contributed by atoms with Gasteiger partial charge in [-0.2, -0.15) is 0 Å². The minimum Gasteiger partial charge on any atom is -0.469 e. The highest BCUT2D eigenvalue weighted by Gasteiger charge is 2.47. The van der Waals surface area contributed by atoms with Gasteiger partial charge in [-0.1, -0.05) is 6.07 Å². The molecule has 2 aliphatic rings. The normalized spacial score (nSPS) is 24.6. The summed E-state index contributed by atoms with van der Waals surface area (Å²) in [6, 6.07) is 7.94. The molecule has 1 saturated heterocycles. The molecular formula is C18H21N3O2. The predicted molar refractivity (Wildman–Crippen MR) is 85.7 cm³/mol. The third-order valence-electron chi connectivity index (χ3n) is 4.83. The second kappa shape index (κ2) is 6.16. The number of aromatic nitrogens is 1. The molecule has 3 heterocycles. The molecule has 0 bridgehead atoms. The quantitative estimate of drug-likeness (QED) is 0.868. The lowest BCUT2D eigenvalue weighted by Gasteiger charge is -2.34. The molecule has 23 heavy (non-hydrogen) atoms. The molecule has 2 atom stereocenters. The van der Waals surface area contributed by atoms with E-state index >= 15 is 0 Å². The Morgan fingerprint density at radius 1 is 1.22 bits per heavy atom. The summed E-state index contributed by atoms with van der Waals surface area (Å²) < 4.78 is 5.42. The molecule has 1 saturated carbocycles. The summed E-state index contributed by atoms with van der Waals surface area (Å²) in [7, 11) is 0. The summed E-state index contributed by atoms with van der Waals surface area (Å²) in [6.07, 6.45) is 6.33. The van der Waals surface area contributed by atoms with Gasteiger partial charge in [-0.15, -0.1) is 0 Å². The maximum atomic E-state index is 12.6. The monoisotopic (exact) mass is 311 g/mol. The van der Waals surface area contributed by atoms with Crippen molar-refractivity contribution >= 4 is 5.91 Å². The van der Waals surface area contributed by atoms with Crippen molar-refractivity contribution in [1.82, 2.24) is 14.8 Å². The fourth-order valence-electron chi connectivity index (χ4n) is 3.40. The van der Waals surface area contributed by atoms with Crippen LogP contribution in [0.4, 0.5) is 0 Å². The first-order valence-electron chi connectivity index (χ1n) is 8.25. The lowest BCUT2D eigenvalue weighted by molar-refractivity contribution is -0.134. The third kappa shape index (κ3) is 3.15. The highest BCUT2D eigenvalue weighted by Crippen LogP contribution is 2.48. The topological polar surface area (TPSA) is 49.6 Å². The molecule has 0 N–H and O–H groups in total. The Morgan fingerprint density at radius 2 is 2.09 bits per heavy atom. The largest absolute Gasteiger partial charge is 0.469 e. The second-order valence-corrected chi connectivity index (χ2v) is 6.43. The van der Waals surface area contributed by atoms with Crippen molar-refractivity contribution in [3.05, 3.63) is 54.2 Å². The van der Waals surface area contributed by atoms with E-state index in [1.54, 1.807) is 12.5 Å². The Labute approximate surface area is 135 Å². The van der Waals surface area contributed by atoms with Crippen molar-refractivity contribution in [1.29, 1.82) is 0 Å². The fourth-order valence-corrected chi connectivity index (χ4v) is 3.40. The van der Waals surface area contributed by atoms with Gasteiger partial charge in [-0.3, -0.25) is 14.7 Å². The SMILES string of the molecule is O=C([C@H]1C[C@H]1c1ccco1)N1CCN(Cc2cccnc2)CC1. The summed E-state index contributed by atoms with van der Waals surface area (Å²) in [5.74, 6) is 1.68. The number of rotatable bonds is 4. The molecule has 120 valence electrons. The van der Waals surface area contributed by atoms with Crippen LogP contribution in [0, 0.1) is 5.92 Å². The van der Waals surface area contributed by atoms with Crippen LogP contribution in [-0.4, -0.2) is 46.9 Å². The van der Waals surface area contributed by atoms with Gasteiger partial charge in [0.05, 0.1) is 6.26 Å². The molecule has 1 aliphatic carbocycles. The van der Waals surface area contributed by atoms with Crippen LogP contribution in [0.2, 0.25) is 0 Å². The number of amides is 1. The lowest BCUT2D eigenvalue weighted by Crippen LogP contribution is -2.48. The van der Waals surface area contributed by atoms with E-state index in [0.29, 0.717) is 11.8 Å². The molecule has 0 spiro atoms. The molecule has 2 aromatic rings. The summed E-state index contributed by atoms with van der Waals surface area (Å²) in [5.41, 5.74) is 1.23. The van der Waals surface area contributed by atoms with E-state index in [0.717, 1.165) is 44.9 Å². The van der Waals surface area contributed by atoms with Crippen LogP contribution in [0.15, 0.2) is 47.3 Å². The zero-order valence-electron chi connectivity index (χ0n) is 13.1. The summed E-state index contributed by atoms with van der Waals surface area (Å²) in [5, 5.41) is 0. The van der Waals surface area contributed by atoms with Gasteiger partial charge < -0.3 is 9.32 Å². The first-order valence-corrected chi connectivity index (χ1v) is 8.25. The van der Waals surface area contributed by atoms with Gasteiger partial charge >= 0.3 is 0 Å². The van der Waals surface area contributed by atoms with Crippen molar-refractivity contribution in [2.24, 2.45) is 5.92 Å². The molecule has 0 radical (unpaired) electrons. The van der Waals surface area contributed by atoms with E-state index in [2.05, 4.69) is 16.0 Å². The molecule has 2 aromatic heterocycles. The Morgan fingerprint density at radius 3 is 2.78 bits per heavy atom. The van der Waals surface area contributed by atoms with Gasteiger partial charge in [0.2, 0.25) is 5.91 Å². The number of carbonyl (C=O) groups is 1. The second-order valence-electron chi connectivity index (χ2n) is 6.43. The average Bonchev–Trinajstić information content (AvgIpc) is 3.21. The number of pyridine rings is 1. The number of hydrogen-bond donors (Lipinski definition) is 0. The van der Waals surface area contributed by atoms with Gasteiger partial charge in [0.1, 0.15) is 5.76 Å². The van der Waals surface area contributed by atoms with E-state index in [4.69, 9.17) is 4.42 Å². The van der Waals surface area contributed by atoms with Crippen LogP contribution in [0.5, 0.6) is 0 Å². The number of carbonyl (C=O) groups excluding carboxylic acids is 1. The minimum atomic E-state index is 0.131. The molecule has 5 nitrogen and oxygen atoms in total. The van der Waals surface area contributed by atoms with Gasteiger partial charge in [-0.25, -0.2) is 0 Å². The maximum Gasteiger partial charge on any atom is 0.226 e. The van der Waals surface area contributed by atoms with Crippen LogP contribution in [0.1, 0.15) is 23.7 Å². The van der Waals surface area contributed by atoms with Gasteiger partial charge in [0, 0.05) is 57.0 Å². The lowest BCUT2D eigenvalue weighted by atomic mass is 10.2. The Balaban J connectivity index is 1.28. The van der Waals surface area contributed by atoms with E-state index in [1.807, 2.05) is 29.3 Å². The first kappa shape index (κ1) is 14.5. The van der Waals surface area contributed by atoms with Gasteiger partial charge in [0.15, 0.2) is 0 Å². The van der Waals surface area contributed by atoms with Crippen molar-refractivity contribution in [2.75, 3.05) is 26.2 Å². The van der Waals surface area contributed by atoms with Crippen LogP contribution in [0.25, 0.3) is 0 Å². The van der Waals surface area contributed by atoms with Crippen molar-refractivity contribution in [3.63, 3.8) is 0 Å². The standard InChI is InChI=1S/C18H21N3O2/c22-18(16-11-15(16)17-4-2-10-23-17)21-8-6-20(7-9-21)13-14-3-1-5-19-12-14/h1-5,10,12,15-16H,6-9,11,13H2/t15-,16+/m1/s1. The fraction of sp³-hybridized carbons (Fsp3) is 0.444. The van der Waals surface area contributed by atoms with E-state index in [-0.39, 0.29) is 5.92 Å². The summed E-state index contributed by atoms with van der Waals surface area (Å²) in [4.78, 5) is 21.2. The zero-order chi connectivity index (χ0) is 15.6. The minimum absolute atomic E-state index is 0.131. The highest BCUT2D eigenvalue weighted by atomic mass is 16.3. The van der Waals surface area contributed by atoms with Crippen LogP contribution in [-0.2, 0) is 11.3 Å². The molecule has 2 fully saturated rings. The number of furan rings is 1. The average molecular weight is 311 g/mol. The molecule has 5 heteroatoms. The molecule has 1 aliphatic heterocycles. The van der Waals surface area contributed by atoms with Crippen LogP contribution >= 0.6 is 0 Å². The Hall–Kier alpha value is -2.14. The molecule has 0 aromatic carbocycles. The van der Waals surface area contributed by atoms with E-state index < -0.39 is 0 Å². The van der Waals surface area contributed by atoms with Crippen molar-refractivity contribution in [2.45, 2.75) is 18.9 Å². The maximum absolute atomic E-state index is 12.6. The van der Waals surface area contributed by atoms with Crippen molar-refractivity contribution in [3.8, 4) is 0 Å². The van der Waals surface area contributed by atoms with Crippen LogP contribution in [0.3, 0.4) is 0 Å². The predicted octanol–water partition coefficient (Wildman–Crippen LogP) is 2.12. The zero-order valence-corrected chi connectivity index (χ0v) is 13.1.